The van der Waals surface area contributed by atoms with E-state index in [0.29, 0.717) is 21.7 Å². The molecule has 0 bridgehead atoms. The Kier molecular flexibility index (Phi) is 4.82. The van der Waals surface area contributed by atoms with Crippen molar-refractivity contribution in [2.75, 3.05) is 0 Å². The molecule has 1 aromatic carbocycles. The predicted octanol–water partition coefficient (Wildman–Crippen LogP) is 2.83. The Morgan fingerprint density at radius 3 is 2.55 bits per heavy atom. The normalized spacial score (nSPS) is 12.8. The number of halogens is 2. The summed E-state index contributed by atoms with van der Waals surface area (Å²) in [6.45, 7) is 1.11. The first kappa shape index (κ1) is 19.1. The molecule has 0 radical (unpaired) electrons. The number of aliphatic hydroxyl groups excluding tert-OH is 1. The molecule has 1 unspecified atom stereocenters. The Hall–Kier alpha value is -3.21. The minimum Gasteiger partial charge on any atom is -0.377 e. The first-order chi connectivity index (χ1) is 13.8. The molecule has 10 heteroatoms. The molecule has 29 heavy (non-hydrogen) atoms. The Labute approximate surface area is 164 Å². The number of hydrogen-bond acceptors (Lipinski definition) is 6. The van der Waals surface area contributed by atoms with Crippen molar-refractivity contribution in [1.82, 2.24) is 30.0 Å². The molecule has 4 rings (SSSR count). The fourth-order valence-corrected chi connectivity index (χ4v) is 3.10. The van der Waals surface area contributed by atoms with Crippen LogP contribution in [0.2, 0.25) is 0 Å². The lowest BCUT2D eigenvalue weighted by Gasteiger charge is -2.18. The van der Waals surface area contributed by atoms with Gasteiger partial charge in [-0.05, 0) is 30.7 Å². The number of nitrogens with one attached hydrogen (secondary N) is 1. The number of aromatic nitrogens is 5. The maximum absolute atomic E-state index is 14.7. The molecule has 0 fully saturated rings. The van der Waals surface area contributed by atoms with Crippen molar-refractivity contribution in [3.8, 4) is 22.5 Å². The Bertz CT molecular complexity index is 1160. The van der Waals surface area contributed by atoms with Crippen LogP contribution >= 0.6 is 0 Å². The minimum atomic E-state index is -1.17. The maximum Gasteiger partial charge on any atom is 0.135 e. The fraction of sp³-hybridized carbons (Fsp3) is 0.211. The third-order valence-electron chi connectivity index (χ3n) is 4.56. The molecule has 0 aliphatic rings. The zero-order chi connectivity index (χ0) is 20.7. The van der Waals surface area contributed by atoms with Crippen molar-refractivity contribution in [3.05, 3.63) is 54.0 Å². The third kappa shape index (κ3) is 3.60. The largest absolute Gasteiger partial charge is 0.377 e. The third-order valence-corrected chi connectivity index (χ3v) is 4.56. The van der Waals surface area contributed by atoms with Crippen LogP contribution < -0.4 is 0 Å². The van der Waals surface area contributed by atoms with E-state index in [2.05, 4.69) is 20.3 Å². The van der Waals surface area contributed by atoms with Gasteiger partial charge in [-0.15, -0.1) is 0 Å². The fourth-order valence-electron chi connectivity index (χ4n) is 3.10. The van der Waals surface area contributed by atoms with Gasteiger partial charge in [-0.1, -0.05) is 0 Å². The van der Waals surface area contributed by atoms with Crippen molar-refractivity contribution < 1.29 is 19.1 Å². The van der Waals surface area contributed by atoms with Gasteiger partial charge in [0.1, 0.15) is 23.6 Å². The number of hydrogen-bond donors (Lipinski definition) is 3. The summed E-state index contributed by atoms with van der Waals surface area (Å²) in [5.41, 5.74) is 1.98. The minimum absolute atomic E-state index is 0.113. The zero-order valence-electron chi connectivity index (χ0n) is 15.6. The highest BCUT2D eigenvalue weighted by molar-refractivity contribution is 5.94. The van der Waals surface area contributed by atoms with Gasteiger partial charge in [-0.25, -0.2) is 8.78 Å². The topological polar surface area (TPSA) is 103 Å². The molecule has 3 N–H and O–H groups in total. The first-order valence-corrected chi connectivity index (χ1v) is 8.78. The van der Waals surface area contributed by atoms with Gasteiger partial charge in [-0.3, -0.25) is 14.8 Å². The van der Waals surface area contributed by atoms with Gasteiger partial charge < -0.3 is 10.3 Å². The highest BCUT2D eigenvalue weighted by Crippen LogP contribution is 2.31. The molecular weight excluding hydrogens is 382 g/mol. The summed E-state index contributed by atoms with van der Waals surface area (Å²) in [6, 6.07) is 3.77. The van der Waals surface area contributed by atoms with Gasteiger partial charge in [0.25, 0.3) is 0 Å². The van der Waals surface area contributed by atoms with Crippen LogP contribution in [0, 0.1) is 11.6 Å². The number of H-pyrrole nitrogens is 1. The van der Waals surface area contributed by atoms with E-state index < -0.39 is 17.9 Å². The summed E-state index contributed by atoms with van der Waals surface area (Å²) in [6.07, 6.45) is 3.73. The van der Waals surface area contributed by atoms with Gasteiger partial charge in [0, 0.05) is 24.2 Å². The first-order valence-electron chi connectivity index (χ1n) is 8.78. The molecule has 8 nitrogen and oxygen atoms in total. The number of benzene rings is 1. The average molecular weight is 400 g/mol. The van der Waals surface area contributed by atoms with Crippen molar-refractivity contribution in [2.45, 2.75) is 19.7 Å². The number of aliphatic hydroxyl groups is 1. The summed E-state index contributed by atoms with van der Waals surface area (Å²) < 4.78 is 31.1. The van der Waals surface area contributed by atoms with Crippen LogP contribution in [0.5, 0.6) is 0 Å². The number of hydroxylamine groups is 2. The van der Waals surface area contributed by atoms with Crippen LogP contribution in [-0.4, -0.2) is 46.6 Å². The molecule has 4 aromatic rings. The lowest BCUT2D eigenvalue weighted by molar-refractivity contribution is -0.195. The summed E-state index contributed by atoms with van der Waals surface area (Å²) in [5, 5.41) is 31.4. The number of fused-ring (bicyclic) bond motifs is 1. The number of rotatable bonds is 5. The summed E-state index contributed by atoms with van der Waals surface area (Å²) in [5.74, 6) is -1.64. The molecule has 0 aliphatic heterocycles. The summed E-state index contributed by atoms with van der Waals surface area (Å²) >= 11 is 0. The molecule has 150 valence electrons. The molecule has 0 saturated carbocycles. The number of aryl methyl sites for hydroxylation is 1. The molecule has 0 spiro atoms. The second-order valence-electron chi connectivity index (χ2n) is 6.75. The highest BCUT2D eigenvalue weighted by atomic mass is 19.1. The van der Waals surface area contributed by atoms with E-state index in [1.165, 1.54) is 13.1 Å². The Balaban J connectivity index is 1.76. The van der Waals surface area contributed by atoms with Crippen LogP contribution in [0.4, 0.5) is 8.78 Å². The predicted molar refractivity (Wildman–Crippen MR) is 100 cm³/mol. The van der Waals surface area contributed by atoms with Crippen LogP contribution in [0.25, 0.3) is 33.4 Å². The average Bonchev–Trinajstić information content (AvgIpc) is 3.26. The summed E-state index contributed by atoms with van der Waals surface area (Å²) in [4.78, 5) is 4.16. The molecule has 0 aliphatic carbocycles. The van der Waals surface area contributed by atoms with Gasteiger partial charge >= 0.3 is 0 Å². The number of nitrogens with zero attached hydrogens (tertiary/aromatic N) is 5. The van der Waals surface area contributed by atoms with Gasteiger partial charge in [-0.2, -0.15) is 15.3 Å². The van der Waals surface area contributed by atoms with Crippen molar-refractivity contribution in [3.63, 3.8) is 0 Å². The van der Waals surface area contributed by atoms with Crippen LogP contribution in [0.3, 0.4) is 0 Å². The zero-order valence-corrected chi connectivity index (χ0v) is 15.6. The van der Waals surface area contributed by atoms with Crippen molar-refractivity contribution in [1.29, 1.82) is 0 Å². The number of pyridine rings is 1. The maximum atomic E-state index is 14.7. The van der Waals surface area contributed by atoms with Crippen LogP contribution in [0.15, 0.2) is 36.8 Å². The molecule has 3 aromatic heterocycles. The standard InChI is InChI=1S/C19H18F2N6O2/c1-10(28)27(29)8-11-3-14(20)18(15(21)4-11)16-5-13-17(7-22-16)24-25-19(13)12-6-23-26(2)9-12/h3-7,9-10,28-29H,8H2,1-2H3,(H,24,25). The van der Waals surface area contributed by atoms with Gasteiger partial charge in [0.2, 0.25) is 0 Å². The molecular formula is C19H18F2N6O2. The van der Waals surface area contributed by atoms with Crippen LogP contribution in [0.1, 0.15) is 12.5 Å². The van der Waals surface area contributed by atoms with E-state index in [0.717, 1.165) is 17.7 Å². The number of aromatic amines is 1. The molecule has 0 amide bonds. The van der Waals surface area contributed by atoms with E-state index in [1.54, 1.807) is 30.2 Å². The second-order valence-corrected chi connectivity index (χ2v) is 6.75. The van der Waals surface area contributed by atoms with Crippen molar-refractivity contribution in [2.24, 2.45) is 7.05 Å². The SMILES string of the molecule is CC(O)N(O)Cc1cc(F)c(-c2cc3c(-c4cnn(C)c4)n[nH]c3cn2)c(F)c1. The lowest BCUT2D eigenvalue weighted by atomic mass is 10.0. The second kappa shape index (κ2) is 7.32. The molecule has 3 heterocycles. The Morgan fingerprint density at radius 1 is 1.21 bits per heavy atom. The van der Waals surface area contributed by atoms with E-state index in [-0.39, 0.29) is 23.4 Å². The monoisotopic (exact) mass is 400 g/mol. The summed E-state index contributed by atoms with van der Waals surface area (Å²) in [7, 11) is 1.78. The lowest BCUT2D eigenvalue weighted by Crippen LogP contribution is -2.28. The van der Waals surface area contributed by atoms with E-state index in [9.17, 15) is 19.1 Å². The van der Waals surface area contributed by atoms with E-state index in [1.807, 2.05) is 0 Å². The smallest absolute Gasteiger partial charge is 0.135 e. The van der Waals surface area contributed by atoms with Gasteiger partial charge in [0.05, 0.1) is 35.7 Å². The quantitative estimate of drug-likeness (QED) is 0.352. The van der Waals surface area contributed by atoms with Crippen molar-refractivity contribution >= 4 is 10.9 Å². The van der Waals surface area contributed by atoms with E-state index in [4.69, 9.17) is 0 Å². The Morgan fingerprint density at radius 2 is 1.93 bits per heavy atom. The molecule has 0 saturated heterocycles. The molecule has 1 atom stereocenters. The van der Waals surface area contributed by atoms with E-state index >= 15 is 0 Å². The van der Waals surface area contributed by atoms with Gasteiger partial charge in [0.15, 0.2) is 0 Å². The highest BCUT2D eigenvalue weighted by Gasteiger charge is 2.19. The van der Waals surface area contributed by atoms with Crippen LogP contribution in [-0.2, 0) is 13.6 Å².